The van der Waals surface area contributed by atoms with E-state index in [1.165, 1.54) is 43.4 Å². The summed E-state index contributed by atoms with van der Waals surface area (Å²) < 4.78 is 28.2. The molecule has 2 aromatic rings. The van der Waals surface area contributed by atoms with Crippen LogP contribution in [0.1, 0.15) is 44.7 Å². The lowest BCUT2D eigenvalue weighted by Gasteiger charge is -2.31. The van der Waals surface area contributed by atoms with Crippen molar-refractivity contribution in [3.05, 3.63) is 23.2 Å². The van der Waals surface area contributed by atoms with Crippen LogP contribution in [-0.4, -0.2) is 44.5 Å². The van der Waals surface area contributed by atoms with Crippen molar-refractivity contribution in [1.29, 1.82) is 0 Å². The number of sulfonamides is 1. The Labute approximate surface area is 164 Å². The van der Waals surface area contributed by atoms with E-state index in [4.69, 9.17) is 0 Å². The first-order chi connectivity index (χ1) is 12.5. The molecule has 0 atom stereocenters. The number of likely N-dealkylation sites (N-methyl/N-ethyl adjacent to an activating group) is 1. The van der Waals surface area contributed by atoms with Crippen LogP contribution in [0.15, 0.2) is 21.7 Å². The van der Waals surface area contributed by atoms with E-state index in [-0.39, 0.29) is 0 Å². The van der Waals surface area contributed by atoms with Gasteiger partial charge in [0.05, 0.1) is 10.6 Å². The van der Waals surface area contributed by atoms with Crippen molar-refractivity contribution in [3.8, 4) is 9.88 Å². The topological polar surface area (TPSA) is 62.3 Å². The number of thiazole rings is 1. The smallest absolute Gasteiger partial charge is 0.250 e. The standard InChI is InChI=1S/C18H27N3O2S3/c1-3-14-13-24-18(20-14)16-9-10-17(25-16)26(22,23)19-11-12-21(2)15-7-5-4-6-8-15/h9-10,13,15,19H,3-8,11-12H2,1-2H3. The maximum absolute atomic E-state index is 12.6. The molecule has 1 saturated carbocycles. The first kappa shape index (κ1) is 19.9. The molecule has 2 aromatic heterocycles. The first-order valence-electron chi connectivity index (χ1n) is 9.24. The molecule has 1 N–H and O–H groups in total. The van der Waals surface area contributed by atoms with Gasteiger partial charge in [-0.05, 0) is 38.4 Å². The number of rotatable bonds is 8. The minimum absolute atomic E-state index is 0.362. The van der Waals surface area contributed by atoms with Crippen LogP contribution in [0.5, 0.6) is 0 Å². The molecular weight excluding hydrogens is 386 g/mol. The van der Waals surface area contributed by atoms with Gasteiger partial charge in [0.2, 0.25) is 10.0 Å². The Morgan fingerprint density at radius 2 is 2.04 bits per heavy atom. The van der Waals surface area contributed by atoms with E-state index in [9.17, 15) is 8.42 Å². The predicted octanol–water partition coefficient (Wildman–Crippen LogP) is 3.98. The predicted molar refractivity (Wildman–Crippen MR) is 109 cm³/mol. The van der Waals surface area contributed by atoms with Crippen LogP contribution in [0.25, 0.3) is 9.88 Å². The molecule has 3 rings (SSSR count). The molecule has 0 aromatic carbocycles. The lowest BCUT2D eigenvalue weighted by molar-refractivity contribution is 0.195. The molecule has 5 nitrogen and oxygen atoms in total. The minimum Gasteiger partial charge on any atom is -0.302 e. The van der Waals surface area contributed by atoms with Gasteiger partial charge in [-0.25, -0.2) is 18.1 Å². The summed E-state index contributed by atoms with van der Waals surface area (Å²) in [7, 11) is -1.36. The molecule has 2 heterocycles. The second-order valence-corrected chi connectivity index (χ2v) is 10.7. The van der Waals surface area contributed by atoms with Gasteiger partial charge in [0.1, 0.15) is 9.22 Å². The van der Waals surface area contributed by atoms with Gasteiger partial charge in [0.25, 0.3) is 0 Å². The van der Waals surface area contributed by atoms with Crippen LogP contribution in [0.4, 0.5) is 0 Å². The Morgan fingerprint density at radius 1 is 1.27 bits per heavy atom. The van der Waals surface area contributed by atoms with Crippen molar-refractivity contribution < 1.29 is 8.42 Å². The largest absolute Gasteiger partial charge is 0.302 e. The molecule has 0 saturated heterocycles. The second-order valence-electron chi connectivity index (χ2n) is 6.79. The van der Waals surface area contributed by atoms with Gasteiger partial charge in [0.15, 0.2) is 0 Å². The van der Waals surface area contributed by atoms with E-state index in [0.717, 1.165) is 28.5 Å². The highest BCUT2D eigenvalue weighted by Crippen LogP contribution is 2.32. The molecule has 0 spiro atoms. The summed E-state index contributed by atoms with van der Waals surface area (Å²) in [4.78, 5) is 7.75. The summed E-state index contributed by atoms with van der Waals surface area (Å²) in [6, 6.07) is 4.13. The Morgan fingerprint density at radius 3 is 2.73 bits per heavy atom. The number of hydrogen-bond acceptors (Lipinski definition) is 6. The van der Waals surface area contributed by atoms with E-state index in [1.807, 2.05) is 11.4 Å². The van der Waals surface area contributed by atoms with Gasteiger partial charge in [0, 0.05) is 24.5 Å². The van der Waals surface area contributed by atoms with E-state index in [0.29, 0.717) is 16.8 Å². The van der Waals surface area contributed by atoms with Gasteiger partial charge >= 0.3 is 0 Å². The van der Waals surface area contributed by atoms with Crippen LogP contribution in [-0.2, 0) is 16.4 Å². The van der Waals surface area contributed by atoms with Crippen molar-refractivity contribution in [3.63, 3.8) is 0 Å². The van der Waals surface area contributed by atoms with Crippen LogP contribution in [0.2, 0.25) is 0 Å². The average Bonchev–Trinajstić information content (AvgIpc) is 3.31. The summed E-state index contributed by atoms with van der Waals surface area (Å²) >= 11 is 2.85. The van der Waals surface area contributed by atoms with Crippen molar-refractivity contribution >= 4 is 32.7 Å². The van der Waals surface area contributed by atoms with E-state index in [2.05, 4.69) is 28.6 Å². The van der Waals surface area contributed by atoms with Crippen molar-refractivity contribution in [2.75, 3.05) is 20.1 Å². The van der Waals surface area contributed by atoms with Crippen molar-refractivity contribution in [2.45, 2.75) is 55.7 Å². The van der Waals surface area contributed by atoms with E-state index in [1.54, 1.807) is 17.4 Å². The number of nitrogens with one attached hydrogen (secondary N) is 1. The summed E-state index contributed by atoms with van der Waals surface area (Å²) in [6.07, 6.45) is 7.25. The molecule has 0 bridgehead atoms. The van der Waals surface area contributed by atoms with Gasteiger partial charge in [-0.1, -0.05) is 26.2 Å². The number of nitrogens with zero attached hydrogens (tertiary/aromatic N) is 2. The first-order valence-corrected chi connectivity index (χ1v) is 12.4. The zero-order chi connectivity index (χ0) is 18.6. The Hall–Kier alpha value is -0.800. The Bertz CT molecular complexity index is 807. The SMILES string of the molecule is CCc1csc(-c2ccc(S(=O)(=O)NCCN(C)C3CCCCC3)s2)n1. The van der Waals surface area contributed by atoms with Crippen LogP contribution >= 0.6 is 22.7 Å². The van der Waals surface area contributed by atoms with Gasteiger partial charge < -0.3 is 4.90 Å². The fourth-order valence-corrected chi connectivity index (χ4v) is 6.64. The number of hydrogen-bond donors (Lipinski definition) is 1. The third kappa shape index (κ3) is 4.92. The monoisotopic (exact) mass is 413 g/mol. The van der Waals surface area contributed by atoms with Crippen molar-refractivity contribution in [2.24, 2.45) is 0 Å². The lowest BCUT2D eigenvalue weighted by Crippen LogP contribution is -2.39. The number of aryl methyl sites for hydroxylation is 1. The third-order valence-corrected chi connectivity index (χ3v) is 9.02. The molecule has 0 amide bonds. The fraction of sp³-hybridized carbons (Fsp3) is 0.611. The summed E-state index contributed by atoms with van der Waals surface area (Å²) in [5, 5.41) is 2.92. The molecule has 0 unspecified atom stereocenters. The third-order valence-electron chi connectivity index (χ3n) is 4.93. The molecular formula is C18H27N3O2S3. The highest BCUT2D eigenvalue weighted by Gasteiger charge is 2.20. The Balaban J connectivity index is 1.56. The number of thiophene rings is 1. The average molecular weight is 414 g/mol. The maximum Gasteiger partial charge on any atom is 0.250 e. The van der Waals surface area contributed by atoms with Gasteiger partial charge in [-0.15, -0.1) is 22.7 Å². The molecule has 8 heteroatoms. The van der Waals surface area contributed by atoms with Crippen LogP contribution < -0.4 is 4.72 Å². The van der Waals surface area contributed by atoms with E-state index >= 15 is 0 Å². The molecule has 1 fully saturated rings. The highest BCUT2D eigenvalue weighted by molar-refractivity contribution is 7.91. The highest BCUT2D eigenvalue weighted by atomic mass is 32.2. The van der Waals surface area contributed by atoms with Crippen LogP contribution in [0, 0.1) is 0 Å². The molecule has 26 heavy (non-hydrogen) atoms. The fourth-order valence-electron chi connectivity index (χ4n) is 3.29. The second kappa shape index (κ2) is 8.93. The lowest BCUT2D eigenvalue weighted by atomic mass is 9.94. The molecule has 0 radical (unpaired) electrons. The molecule has 1 aliphatic rings. The normalized spacial score (nSPS) is 16.4. The summed E-state index contributed by atoms with van der Waals surface area (Å²) in [5.74, 6) is 0. The minimum atomic E-state index is -3.45. The number of aromatic nitrogens is 1. The van der Waals surface area contributed by atoms with Gasteiger partial charge in [-0.3, -0.25) is 0 Å². The zero-order valence-corrected chi connectivity index (χ0v) is 17.9. The quantitative estimate of drug-likeness (QED) is 0.711. The zero-order valence-electron chi connectivity index (χ0n) is 15.4. The summed E-state index contributed by atoms with van der Waals surface area (Å²) in [5.41, 5.74) is 1.05. The molecule has 144 valence electrons. The van der Waals surface area contributed by atoms with E-state index < -0.39 is 10.0 Å². The maximum atomic E-state index is 12.6. The Kier molecular flexibility index (Phi) is 6.85. The van der Waals surface area contributed by atoms with Gasteiger partial charge in [-0.2, -0.15) is 0 Å². The van der Waals surface area contributed by atoms with Crippen LogP contribution in [0.3, 0.4) is 0 Å². The molecule has 1 aliphatic carbocycles. The van der Waals surface area contributed by atoms with Crippen molar-refractivity contribution in [1.82, 2.24) is 14.6 Å². The molecule has 0 aliphatic heterocycles. The summed E-state index contributed by atoms with van der Waals surface area (Å²) in [6.45, 7) is 3.26.